The second-order valence-corrected chi connectivity index (χ2v) is 7.56. The topological polar surface area (TPSA) is 111 Å². The number of halogens is 2. The van der Waals surface area contributed by atoms with E-state index in [9.17, 15) is 24.1 Å². The first kappa shape index (κ1) is 24.4. The predicted molar refractivity (Wildman–Crippen MR) is 126 cm³/mol. The number of aryl methyl sites for hydroxylation is 1. The summed E-state index contributed by atoms with van der Waals surface area (Å²) >= 11 is 6.00. The molecule has 174 valence electrons. The van der Waals surface area contributed by atoms with Crippen molar-refractivity contribution in [1.29, 1.82) is 0 Å². The number of ether oxygens (including phenoxy) is 1. The fraction of sp³-hybridized carbons (Fsp3) is 0.0833. The maximum Gasteiger partial charge on any atom is 0.272 e. The van der Waals surface area contributed by atoms with Crippen molar-refractivity contribution < 1.29 is 23.6 Å². The van der Waals surface area contributed by atoms with Crippen LogP contribution in [0.3, 0.4) is 0 Å². The number of methoxy groups -OCH3 is 1. The molecule has 2 N–H and O–H groups in total. The Balaban J connectivity index is 1.99. The highest BCUT2D eigenvalue weighted by molar-refractivity contribution is 6.31. The maximum absolute atomic E-state index is 13.9. The summed E-state index contributed by atoms with van der Waals surface area (Å²) in [6, 6.07) is 14.0. The molecule has 0 spiro atoms. The molecule has 0 unspecified atom stereocenters. The van der Waals surface area contributed by atoms with Crippen LogP contribution in [-0.4, -0.2) is 23.8 Å². The molecule has 3 aromatic carbocycles. The second-order valence-electron chi connectivity index (χ2n) is 7.13. The summed E-state index contributed by atoms with van der Waals surface area (Å²) in [5.74, 6) is -1.78. The zero-order chi connectivity index (χ0) is 24.8. The van der Waals surface area contributed by atoms with E-state index in [-0.39, 0.29) is 39.0 Å². The van der Waals surface area contributed by atoms with Crippen LogP contribution in [0, 0.1) is 22.9 Å². The number of amides is 2. The number of benzene rings is 3. The van der Waals surface area contributed by atoms with Gasteiger partial charge in [0, 0.05) is 22.8 Å². The van der Waals surface area contributed by atoms with E-state index in [1.165, 1.54) is 67.8 Å². The fourth-order valence-electron chi connectivity index (χ4n) is 2.97. The number of nitro benzene ring substituents is 1. The third-order valence-corrected chi connectivity index (χ3v) is 4.96. The molecule has 0 aliphatic heterocycles. The second kappa shape index (κ2) is 10.6. The molecule has 8 nitrogen and oxygen atoms in total. The van der Waals surface area contributed by atoms with E-state index in [1.54, 1.807) is 6.92 Å². The highest BCUT2D eigenvalue weighted by atomic mass is 35.5. The van der Waals surface area contributed by atoms with Gasteiger partial charge in [0.1, 0.15) is 17.3 Å². The fourth-order valence-corrected chi connectivity index (χ4v) is 3.14. The summed E-state index contributed by atoms with van der Waals surface area (Å²) in [4.78, 5) is 36.5. The van der Waals surface area contributed by atoms with Crippen molar-refractivity contribution in [2.45, 2.75) is 6.92 Å². The highest BCUT2D eigenvalue weighted by Crippen LogP contribution is 2.23. The SMILES string of the molecule is COc1ccc(Cl)cc1C(=O)NC(=Cc1cccc([N+](=O)[O-])c1)C(=O)Nc1ccc(C)c(F)c1. The predicted octanol–water partition coefficient (Wildman–Crippen LogP) is 5.11. The number of nitrogens with zero attached hydrogens (tertiary/aromatic N) is 1. The van der Waals surface area contributed by atoms with Crippen molar-refractivity contribution in [1.82, 2.24) is 5.32 Å². The van der Waals surface area contributed by atoms with Crippen molar-refractivity contribution in [2.75, 3.05) is 12.4 Å². The standard InChI is InChI=1S/C24H19ClFN3O5/c1-14-6-8-17(13-20(14)26)27-24(31)21(11-15-4-3-5-18(10-15)29(32)33)28-23(30)19-12-16(25)7-9-22(19)34-2/h3-13H,1-2H3,(H,27,31)(H,28,30). The molecule has 10 heteroatoms. The molecule has 0 saturated carbocycles. The van der Waals surface area contributed by atoms with Gasteiger partial charge in [0.25, 0.3) is 17.5 Å². The number of nitro groups is 1. The van der Waals surface area contributed by atoms with E-state index in [4.69, 9.17) is 16.3 Å². The Morgan fingerprint density at radius 2 is 1.88 bits per heavy atom. The quantitative estimate of drug-likeness (QED) is 0.275. The first-order valence-corrected chi connectivity index (χ1v) is 10.2. The summed E-state index contributed by atoms with van der Waals surface area (Å²) < 4.78 is 19.1. The molecule has 0 fully saturated rings. The normalized spacial score (nSPS) is 11.0. The minimum atomic E-state index is -0.774. The number of rotatable bonds is 7. The first-order chi connectivity index (χ1) is 16.2. The molecule has 0 aliphatic carbocycles. The smallest absolute Gasteiger partial charge is 0.272 e. The third-order valence-electron chi connectivity index (χ3n) is 4.72. The van der Waals surface area contributed by atoms with E-state index < -0.39 is 22.6 Å². The van der Waals surface area contributed by atoms with Crippen molar-refractivity contribution in [3.05, 3.63) is 104 Å². The zero-order valence-electron chi connectivity index (χ0n) is 18.1. The van der Waals surface area contributed by atoms with E-state index in [0.29, 0.717) is 5.56 Å². The Labute approximate surface area is 199 Å². The van der Waals surface area contributed by atoms with Crippen LogP contribution in [0.5, 0.6) is 5.75 Å². The van der Waals surface area contributed by atoms with Crippen LogP contribution in [0.15, 0.2) is 66.4 Å². The average Bonchev–Trinajstić information content (AvgIpc) is 2.81. The Hall–Kier alpha value is -4.24. The van der Waals surface area contributed by atoms with Crippen LogP contribution < -0.4 is 15.4 Å². The lowest BCUT2D eigenvalue weighted by molar-refractivity contribution is -0.384. The first-order valence-electron chi connectivity index (χ1n) is 9.86. The Morgan fingerprint density at radius 1 is 1.12 bits per heavy atom. The molecule has 0 aliphatic rings. The number of hydrogen-bond acceptors (Lipinski definition) is 5. The van der Waals surface area contributed by atoms with Gasteiger partial charge < -0.3 is 15.4 Å². The van der Waals surface area contributed by atoms with Gasteiger partial charge in [0.05, 0.1) is 17.6 Å². The lowest BCUT2D eigenvalue weighted by Crippen LogP contribution is -2.31. The van der Waals surface area contributed by atoms with Gasteiger partial charge >= 0.3 is 0 Å². The monoisotopic (exact) mass is 483 g/mol. The van der Waals surface area contributed by atoms with E-state index >= 15 is 0 Å². The van der Waals surface area contributed by atoms with Gasteiger partial charge in [-0.25, -0.2) is 4.39 Å². The maximum atomic E-state index is 13.9. The number of anilines is 1. The van der Waals surface area contributed by atoms with Gasteiger partial charge in [-0.2, -0.15) is 0 Å². The number of non-ortho nitro benzene ring substituents is 1. The van der Waals surface area contributed by atoms with Crippen LogP contribution in [-0.2, 0) is 4.79 Å². The Morgan fingerprint density at radius 3 is 2.56 bits per heavy atom. The van der Waals surface area contributed by atoms with Crippen molar-refractivity contribution >= 4 is 40.9 Å². The molecular weight excluding hydrogens is 465 g/mol. The van der Waals surface area contributed by atoms with E-state index in [1.807, 2.05) is 0 Å². The summed E-state index contributed by atoms with van der Waals surface area (Å²) in [5.41, 5.74) is 0.465. The molecule has 0 radical (unpaired) electrons. The lowest BCUT2D eigenvalue weighted by atomic mass is 10.1. The molecule has 34 heavy (non-hydrogen) atoms. The number of nitrogens with one attached hydrogen (secondary N) is 2. The van der Waals surface area contributed by atoms with Gasteiger partial charge in [-0.1, -0.05) is 29.8 Å². The van der Waals surface area contributed by atoms with Gasteiger partial charge in [-0.05, 0) is 54.5 Å². The van der Waals surface area contributed by atoms with Crippen molar-refractivity contribution in [3.8, 4) is 5.75 Å². The molecule has 0 saturated heterocycles. The minimum Gasteiger partial charge on any atom is -0.496 e. The van der Waals surface area contributed by atoms with Crippen LogP contribution in [0.25, 0.3) is 6.08 Å². The summed E-state index contributed by atoms with van der Waals surface area (Å²) in [7, 11) is 1.37. The zero-order valence-corrected chi connectivity index (χ0v) is 18.9. The number of carbonyl (C=O) groups excluding carboxylic acids is 2. The molecule has 0 heterocycles. The van der Waals surface area contributed by atoms with Gasteiger partial charge in [-0.15, -0.1) is 0 Å². The van der Waals surface area contributed by atoms with Crippen LogP contribution >= 0.6 is 11.6 Å². The Kier molecular flexibility index (Phi) is 7.60. The summed E-state index contributed by atoms with van der Waals surface area (Å²) in [6.07, 6.45) is 1.27. The molecule has 0 atom stereocenters. The molecule has 3 aromatic rings. The minimum absolute atomic E-state index is 0.0640. The molecule has 2 amide bonds. The van der Waals surface area contributed by atoms with Crippen LogP contribution in [0.2, 0.25) is 5.02 Å². The van der Waals surface area contributed by atoms with Gasteiger partial charge in [0.2, 0.25) is 0 Å². The molecule has 0 aromatic heterocycles. The lowest BCUT2D eigenvalue weighted by Gasteiger charge is -2.13. The summed E-state index contributed by atoms with van der Waals surface area (Å²) in [6.45, 7) is 1.58. The van der Waals surface area contributed by atoms with Gasteiger partial charge in [0.15, 0.2) is 0 Å². The van der Waals surface area contributed by atoms with Crippen LogP contribution in [0.1, 0.15) is 21.5 Å². The number of hydrogen-bond donors (Lipinski definition) is 2. The van der Waals surface area contributed by atoms with Crippen LogP contribution in [0.4, 0.5) is 15.8 Å². The van der Waals surface area contributed by atoms with E-state index in [2.05, 4.69) is 10.6 Å². The third kappa shape index (κ3) is 5.96. The largest absolute Gasteiger partial charge is 0.496 e. The molecule has 0 bridgehead atoms. The molecule has 3 rings (SSSR count). The highest BCUT2D eigenvalue weighted by Gasteiger charge is 2.19. The van der Waals surface area contributed by atoms with Crippen molar-refractivity contribution in [2.24, 2.45) is 0 Å². The summed E-state index contributed by atoms with van der Waals surface area (Å²) in [5, 5.41) is 16.4. The van der Waals surface area contributed by atoms with Gasteiger partial charge in [-0.3, -0.25) is 19.7 Å². The van der Waals surface area contributed by atoms with E-state index in [0.717, 1.165) is 6.07 Å². The average molecular weight is 484 g/mol. The van der Waals surface area contributed by atoms with Crippen molar-refractivity contribution in [3.63, 3.8) is 0 Å². The Bertz CT molecular complexity index is 1310. The molecular formula is C24H19ClFN3O5. The number of carbonyl (C=O) groups is 2.